The summed E-state index contributed by atoms with van der Waals surface area (Å²) in [6, 6.07) is 4.40. The highest BCUT2D eigenvalue weighted by Gasteiger charge is 2.44. The van der Waals surface area contributed by atoms with Crippen LogP contribution in [-0.2, 0) is 10.2 Å². The topological polar surface area (TPSA) is 22.1 Å². The Kier molecular flexibility index (Phi) is 3.92. The second kappa shape index (κ2) is 5.57. The van der Waals surface area contributed by atoms with Crippen LogP contribution in [0.2, 0.25) is 0 Å². The number of pyridine rings is 1. The lowest BCUT2D eigenvalue weighted by Gasteiger charge is -2.42. The molecule has 2 aliphatic rings. The predicted octanol–water partition coefficient (Wildman–Crippen LogP) is 4.89. The Morgan fingerprint density at radius 1 is 1.24 bits per heavy atom. The maximum absolute atomic E-state index is 6.04. The largest absolute Gasteiger partial charge is 0.375 e. The lowest BCUT2D eigenvalue weighted by Crippen LogP contribution is -2.39. The van der Waals surface area contributed by atoms with Crippen LogP contribution in [0.15, 0.2) is 24.9 Å². The molecule has 0 N–H and O–H groups in total. The molecule has 0 amide bonds. The normalized spacial score (nSPS) is 32.5. The monoisotopic (exact) mass is 285 g/mol. The predicted molar refractivity (Wildman–Crippen MR) is 87.3 cm³/mol. The van der Waals surface area contributed by atoms with Gasteiger partial charge in [0, 0.05) is 23.9 Å². The second-order valence-electron chi connectivity index (χ2n) is 7.08. The van der Waals surface area contributed by atoms with Crippen molar-refractivity contribution in [2.45, 2.75) is 69.8 Å². The molecule has 1 aromatic heterocycles. The highest BCUT2D eigenvalue weighted by Crippen LogP contribution is 2.47. The van der Waals surface area contributed by atoms with Gasteiger partial charge in [0.1, 0.15) is 0 Å². The molecule has 21 heavy (non-hydrogen) atoms. The van der Waals surface area contributed by atoms with Crippen molar-refractivity contribution >= 4 is 5.57 Å². The number of ether oxygens (including phenoxy) is 1. The van der Waals surface area contributed by atoms with Crippen LogP contribution in [0.25, 0.3) is 5.57 Å². The fourth-order valence-corrected chi connectivity index (χ4v) is 3.83. The molecule has 0 atom stereocenters. The molecule has 0 aromatic carbocycles. The van der Waals surface area contributed by atoms with Crippen molar-refractivity contribution in [1.29, 1.82) is 0 Å². The lowest BCUT2D eigenvalue weighted by atomic mass is 9.67. The van der Waals surface area contributed by atoms with E-state index >= 15 is 0 Å². The first-order valence-corrected chi connectivity index (χ1v) is 8.36. The standard InChI is InChI=1S/C19H27NO/c1-4-15(2)16-6-7-17(20-14-16)18(3)9-11-19(12-10-18)8-5-13-21-19/h6-7,14H,2,4-5,8-13H2,1,3H3. The molecule has 2 nitrogen and oxygen atoms in total. The number of rotatable bonds is 3. The maximum Gasteiger partial charge on any atom is 0.0684 e. The zero-order valence-electron chi connectivity index (χ0n) is 13.5. The minimum absolute atomic E-state index is 0.204. The molecule has 2 fully saturated rings. The fourth-order valence-electron chi connectivity index (χ4n) is 3.83. The van der Waals surface area contributed by atoms with Crippen molar-refractivity contribution in [2.24, 2.45) is 0 Å². The first-order chi connectivity index (χ1) is 10.1. The Labute approximate surface area is 128 Å². The van der Waals surface area contributed by atoms with Crippen LogP contribution in [0, 0.1) is 0 Å². The first kappa shape index (κ1) is 14.8. The van der Waals surface area contributed by atoms with Gasteiger partial charge >= 0.3 is 0 Å². The van der Waals surface area contributed by atoms with Crippen molar-refractivity contribution in [3.05, 3.63) is 36.2 Å². The van der Waals surface area contributed by atoms with Crippen LogP contribution < -0.4 is 0 Å². The van der Waals surface area contributed by atoms with Crippen LogP contribution in [-0.4, -0.2) is 17.2 Å². The quantitative estimate of drug-likeness (QED) is 0.789. The van der Waals surface area contributed by atoms with E-state index in [9.17, 15) is 0 Å². The summed E-state index contributed by atoms with van der Waals surface area (Å²) in [6.45, 7) is 9.56. The summed E-state index contributed by atoms with van der Waals surface area (Å²) in [5, 5.41) is 0. The van der Waals surface area contributed by atoms with Crippen LogP contribution >= 0.6 is 0 Å². The Hall–Kier alpha value is -1.15. The van der Waals surface area contributed by atoms with E-state index in [-0.39, 0.29) is 11.0 Å². The van der Waals surface area contributed by atoms with Crippen LogP contribution in [0.3, 0.4) is 0 Å². The number of allylic oxidation sites excluding steroid dienone is 1. The van der Waals surface area contributed by atoms with E-state index in [2.05, 4.69) is 32.6 Å². The Balaban J connectivity index is 1.73. The van der Waals surface area contributed by atoms with Gasteiger partial charge in [0.2, 0.25) is 0 Å². The average molecular weight is 285 g/mol. The fraction of sp³-hybridized carbons (Fsp3) is 0.632. The smallest absolute Gasteiger partial charge is 0.0684 e. The number of hydrogen-bond acceptors (Lipinski definition) is 2. The van der Waals surface area contributed by atoms with Gasteiger partial charge in [-0.2, -0.15) is 0 Å². The van der Waals surface area contributed by atoms with Crippen LogP contribution in [0.4, 0.5) is 0 Å². The van der Waals surface area contributed by atoms with Crippen molar-refractivity contribution in [3.63, 3.8) is 0 Å². The third-order valence-corrected chi connectivity index (χ3v) is 5.67. The first-order valence-electron chi connectivity index (χ1n) is 8.36. The van der Waals surface area contributed by atoms with Crippen molar-refractivity contribution < 1.29 is 4.74 Å². The molecule has 1 saturated carbocycles. The van der Waals surface area contributed by atoms with Gasteiger partial charge in [0.25, 0.3) is 0 Å². The molecule has 0 bridgehead atoms. The molecule has 2 heterocycles. The highest BCUT2D eigenvalue weighted by atomic mass is 16.5. The van der Waals surface area contributed by atoms with E-state index < -0.39 is 0 Å². The molecule has 1 aliphatic heterocycles. The molecule has 0 radical (unpaired) electrons. The van der Waals surface area contributed by atoms with Gasteiger partial charge < -0.3 is 4.74 Å². The molecule has 0 unspecified atom stereocenters. The Morgan fingerprint density at radius 3 is 2.52 bits per heavy atom. The molecule has 114 valence electrons. The van der Waals surface area contributed by atoms with Gasteiger partial charge in [-0.3, -0.25) is 4.98 Å². The summed E-state index contributed by atoms with van der Waals surface area (Å²) in [4.78, 5) is 4.76. The van der Waals surface area contributed by atoms with Gasteiger partial charge in [-0.05, 0) is 62.1 Å². The van der Waals surface area contributed by atoms with E-state index in [1.54, 1.807) is 0 Å². The number of hydrogen-bond donors (Lipinski definition) is 0. The third-order valence-electron chi connectivity index (χ3n) is 5.67. The number of nitrogens with zero attached hydrogens (tertiary/aromatic N) is 1. The van der Waals surface area contributed by atoms with Crippen LogP contribution in [0.5, 0.6) is 0 Å². The lowest BCUT2D eigenvalue weighted by molar-refractivity contribution is -0.0386. The molecule has 1 aromatic rings. The summed E-state index contributed by atoms with van der Waals surface area (Å²) in [5.41, 5.74) is 4.00. The molecule has 1 spiro atoms. The van der Waals surface area contributed by atoms with E-state index in [1.165, 1.54) is 55.4 Å². The molecule has 2 heteroatoms. The molecule has 3 rings (SSSR count). The Morgan fingerprint density at radius 2 is 2.00 bits per heavy atom. The molecule has 1 aliphatic carbocycles. The highest BCUT2D eigenvalue weighted by molar-refractivity contribution is 5.62. The summed E-state index contributed by atoms with van der Waals surface area (Å²) in [6.07, 6.45) is 10.2. The van der Waals surface area contributed by atoms with E-state index in [0.29, 0.717) is 0 Å². The van der Waals surface area contributed by atoms with Gasteiger partial charge in [0.05, 0.1) is 5.60 Å². The Bertz CT molecular complexity index is 501. The van der Waals surface area contributed by atoms with Gasteiger partial charge in [-0.15, -0.1) is 0 Å². The summed E-state index contributed by atoms with van der Waals surface area (Å²) < 4.78 is 6.04. The van der Waals surface area contributed by atoms with Crippen LogP contribution in [0.1, 0.15) is 70.1 Å². The molecular weight excluding hydrogens is 258 g/mol. The summed E-state index contributed by atoms with van der Waals surface area (Å²) >= 11 is 0. The second-order valence-corrected chi connectivity index (χ2v) is 7.08. The van der Waals surface area contributed by atoms with E-state index in [1.807, 2.05) is 6.20 Å². The molecule has 1 saturated heterocycles. The minimum Gasteiger partial charge on any atom is -0.375 e. The SMILES string of the molecule is C=C(CC)c1ccc(C2(C)CCC3(CCCO3)CC2)nc1. The van der Waals surface area contributed by atoms with Gasteiger partial charge in [0.15, 0.2) is 0 Å². The average Bonchev–Trinajstić information content (AvgIpc) is 2.99. The van der Waals surface area contributed by atoms with Gasteiger partial charge in [-0.25, -0.2) is 0 Å². The van der Waals surface area contributed by atoms with Crippen molar-refractivity contribution in [2.75, 3.05) is 6.61 Å². The summed E-state index contributed by atoms with van der Waals surface area (Å²) in [7, 11) is 0. The summed E-state index contributed by atoms with van der Waals surface area (Å²) in [5.74, 6) is 0. The van der Waals surface area contributed by atoms with E-state index in [0.717, 1.165) is 13.0 Å². The van der Waals surface area contributed by atoms with Crippen molar-refractivity contribution in [1.82, 2.24) is 4.98 Å². The van der Waals surface area contributed by atoms with E-state index in [4.69, 9.17) is 9.72 Å². The van der Waals surface area contributed by atoms with Gasteiger partial charge in [-0.1, -0.05) is 26.5 Å². The minimum atomic E-state index is 0.204. The van der Waals surface area contributed by atoms with Crippen molar-refractivity contribution in [3.8, 4) is 0 Å². The zero-order valence-corrected chi connectivity index (χ0v) is 13.5. The number of aromatic nitrogens is 1. The maximum atomic E-state index is 6.04. The zero-order chi connectivity index (χ0) is 14.9. The molecular formula is C19H27NO. The third kappa shape index (κ3) is 2.78.